The standard InChI is InChI=1S/C21H30O4/c1-13(8-9-22)20-14(2)10-16-12-17(23)11-15(3)21(16)18(20)6-4-5-7-19(24)25/h4-8,10,15-18,20-23H,9,11-12H2,1-3H3,(H,24,25)/b6-4+,7-5+,13-8+/t15-,16+,17-,18+,20+,21+/m0/s1. The average Bonchev–Trinajstić information content (AvgIpc) is 2.50. The summed E-state index contributed by atoms with van der Waals surface area (Å²) in [4.78, 5) is 10.7. The number of carbonyl (C=O) groups is 1. The lowest BCUT2D eigenvalue weighted by Gasteiger charge is -2.48. The van der Waals surface area contributed by atoms with E-state index in [-0.39, 0.29) is 24.5 Å². The lowest BCUT2D eigenvalue weighted by atomic mass is 9.57. The van der Waals surface area contributed by atoms with Crippen LogP contribution in [0, 0.1) is 29.6 Å². The van der Waals surface area contributed by atoms with Gasteiger partial charge in [-0.05, 0) is 50.4 Å². The van der Waals surface area contributed by atoms with E-state index in [1.807, 2.05) is 12.2 Å². The second kappa shape index (κ2) is 8.63. The van der Waals surface area contributed by atoms with Crippen LogP contribution in [-0.2, 0) is 4.79 Å². The summed E-state index contributed by atoms with van der Waals surface area (Å²) < 4.78 is 0. The van der Waals surface area contributed by atoms with Crippen LogP contribution in [0.1, 0.15) is 33.6 Å². The average molecular weight is 346 g/mol. The van der Waals surface area contributed by atoms with Crippen molar-refractivity contribution in [3.63, 3.8) is 0 Å². The van der Waals surface area contributed by atoms with Gasteiger partial charge < -0.3 is 15.3 Å². The maximum atomic E-state index is 10.7. The molecule has 0 aromatic carbocycles. The Balaban J connectivity index is 2.40. The number of aliphatic carboxylic acids is 1. The molecule has 0 aliphatic heterocycles. The van der Waals surface area contributed by atoms with Gasteiger partial charge in [-0.3, -0.25) is 0 Å². The SMILES string of the molecule is CC1=C[C@@H]2C[C@@H](O)C[C@H](C)[C@H]2[C@H](/C=C/C=C/C(=O)O)[C@@H]1/C(C)=C/CO. The fraction of sp³-hybridized carbons (Fsp3) is 0.571. The van der Waals surface area contributed by atoms with E-state index in [9.17, 15) is 15.0 Å². The van der Waals surface area contributed by atoms with Gasteiger partial charge in [0.25, 0.3) is 0 Å². The van der Waals surface area contributed by atoms with E-state index >= 15 is 0 Å². The third-order valence-electron chi connectivity index (χ3n) is 5.72. The first-order chi connectivity index (χ1) is 11.8. The normalized spacial score (nSPS) is 36.5. The summed E-state index contributed by atoms with van der Waals surface area (Å²) >= 11 is 0. The smallest absolute Gasteiger partial charge is 0.328 e. The van der Waals surface area contributed by atoms with Gasteiger partial charge in [0.2, 0.25) is 0 Å². The molecule has 0 aromatic rings. The number of carboxylic acids is 1. The molecule has 138 valence electrons. The van der Waals surface area contributed by atoms with Gasteiger partial charge in [-0.1, -0.05) is 48.5 Å². The first-order valence-corrected chi connectivity index (χ1v) is 9.06. The van der Waals surface area contributed by atoms with E-state index in [1.165, 1.54) is 5.57 Å². The fourth-order valence-corrected chi connectivity index (χ4v) is 4.89. The van der Waals surface area contributed by atoms with Crippen molar-refractivity contribution in [3.05, 3.63) is 47.6 Å². The third-order valence-corrected chi connectivity index (χ3v) is 5.72. The molecule has 0 bridgehead atoms. The van der Waals surface area contributed by atoms with E-state index in [1.54, 1.807) is 6.08 Å². The lowest BCUT2D eigenvalue weighted by Crippen LogP contribution is -2.42. The van der Waals surface area contributed by atoms with Crippen LogP contribution in [0.15, 0.2) is 47.6 Å². The molecule has 3 N–H and O–H groups in total. The number of aliphatic hydroxyl groups excluding tert-OH is 2. The Bertz CT molecular complexity index is 599. The highest BCUT2D eigenvalue weighted by atomic mass is 16.4. The van der Waals surface area contributed by atoms with Crippen molar-refractivity contribution in [3.8, 4) is 0 Å². The van der Waals surface area contributed by atoms with Crippen LogP contribution in [0.2, 0.25) is 0 Å². The fourth-order valence-electron chi connectivity index (χ4n) is 4.89. The highest BCUT2D eigenvalue weighted by Crippen LogP contribution is 2.50. The van der Waals surface area contributed by atoms with Crippen molar-refractivity contribution < 1.29 is 20.1 Å². The van der Waals surface area contributed by atoms with Crippen molar-refractivity contribution in [2.45, 2.75) is 39.7 Å². The number of carboxylic acid groups (broad SMARTS) is 1. The van der Waals surface area contributed by atoms with Crippen molar-refractivity contribution in [2.75, 3.05) is 6.61 Å². The van der Waals surface area contributed by atoms with Crippen LogP contribution >= 0.6 is 0 Å². The van der Waals surface area contributed by atoms with Crippen LogP contribution in [0.5, 0.6) is 0 Å². The molecule has 25 heavy (non-hydrogen) atoms. The molecule has 1 saturated carbocycles. The molecule has 4 heteroatoms. The summed E-state index contributed by atoms with van der Waals surface area (Å²) in [7, 11) is 0. The van der Waals surface area contributed by atoms with Crippen LogP contribution < -0.4 is 0 Å². The molecule has 2 rings (SSSR count). The van der Waals surface area contributed by atoms with Gasteiger partial charge in [-0.2, -0.15) is 0 Å². The molecule has 2 aliphatic carbocycles. The molecule has 1 fully saturated rings. The zero-order valence-corrected chi connectivity index (χ0v) is 15.3. The first kappa shape index (κ1) is 19.7. The zero-order chi connectivity index (χ0) is 18.6. The molecular formula is C21H30O4. The maximum absolute atomic E-state index is 10.7. The molecule has 0 amide bonds. The zero-order valence-electron chi connectivity index (χ0n) is 15.3. The van der Waals surface area contributed by atoms with Crippen LogP contribution in [-0.4, -0.2) is 34.0 Å². The Kier molecular flexibility index (Phi) is 6.79. The van der Waals surface area contributed by atoms with Gasteiger partial charge in [0.1, 0.15) is 0 Å². The van der Waals surface area contributed by atoms with E-state index in [2.05, 4.69) is 32.9 Å². The molecule has 0 radical (unpaired) electrons. The Morgan fingerprint density at radius 2 is 2.04 bits per heavy atom. The van der Waals surface area contributed by atoms with Crippen LogP contribution in [0.4, 0.5) is 0 Å². The lowest BCUT2D eigenvalue weighted by molar-refractivity contribution is -0.131. The quantitative estimate of drug-likeness (QED) is 0.405. The highest BCUT2D eigenvalue weighted by Gasteiger charge is 2.44. The molecular weight excluding hydrogens is 316 g/mol. The monoisotopic (exact) mass is 346 g/mol. The van der Waals surface area contributed by atoms with Gasteiger partial charge in [0.15, 0.2) is 0 Å². The summed E-state index contributed by atoms with van der Waals surface area (Å²) in [5.74, 6) is 0.632. The van der Waals surface area contributed by atoms with Gasteiger partial charge in [0, 0.05) is 12.0 Å². The Labute approximate surface area is 150 Å². The third kappa shape index (κ3) is 4.71. The molecule has 0 unspecified atom stereocenters. The molecule has 0 heterocycles. The number of aliphatic hydroxyl groups is 2. The summed E-state index contributed by atoms with van der Waals surface area (Å²) in [6.07, 6.45) is 12.2. The Morgan fingerprint density at radius 3 is 2.68 bits per heavy atom. The summed E-state index contributed by atoms with van der Waals surface area (Å²) in [5, 5.41) is 28.2. The minimum absolute atomic E-state index is 0.0212. The van der Waals surface area contributed by atoms with E-state index in [4.69, 9.17) is 5.11 Å². The molecule has 6 atom stereocenters. The molecule has 0 aromatic heterocycles. The van der Waals surface area contributed by atoms with Crippen molar-refractivity contribution in [1.29, 1.82) is 0 Å². The number of allylic oxidation sites excluding steroid dienone is 6. The predicted molar refractivity (Wildman–Crippen MR) is 98.9 cm³/mol. The van der Waals surface area contributed by atoms with Crippen LogP contribution in [0.3, 0.4) is 0 Å². The van der Waals surface area contributed by atoms with Gasteiger partial charge >= 0.3 is 5.97 Å². The van der Waals surface area contributed by atoms with Crippen molar-refractivity contribution in [1.82, 2.24) is 0 Å². The summed E-state index contributed by atoms with van der Waals surface area (Å²) in [6.45, 7) is 6.39. The number of fused-ring (bicyclic) bond motifs is 1. The number of rotatable bonds is 5. The first-order valence-electron chi connectivity index (χ1n) is 9.06. The predicted octanol–water partition coefficient (Wildman–Crippen LogP) is 3.34. The minimum atomic E-state index is -0.954. The molecule has 0 saturated heterocycles. The van der Waals surface area contributed by atoms with Crippen LogP contribution in [0.25, 0.3) is 0 Å². The largest absolute Gasteiger partial charge is 0.478 e. The van der Waals surface area contributed by atoms with Crippen molar-refractivity contribution in [2.24, 2.45) is 29.6 Å². The second-order valence-electron chi connectivity index (χ2n) is 7.52. The van der Waals surface area contributed by atoms with Gasteiger partial charge in [0.05, 0.1) is 12.7 Å². The van der Waals surface area contributed by atoms with E-state index in [0.717, 1.165) is 24.5 Å². The summed E-state index contributed by atoms with van der Waals surface area (Å²) in [6, 6.07) is 0. The molecule has 0 spiro atoms. The molecule has 4 nitrogen and oxygen atoms in total. The minimum Gasteiger partial charge on any atom is -0.478 e. The number of hydrogen-bond donors (Lipinski definition) is 3. The van der Waals surface area contributed by atoms with E-state index < -0.39 is 5.97 Å². The maximum Gasteiger partial charge on any atom is 0.328 e. The van der Waals surface area contributed by atoms with E-state index in [0.29, 0.717) is 17.8 Å². The Hall–Kier alpha value is -1.65. The second-order valence-corrected chi connectivity index (χ2v) is 7.52. The van der Waals surface area contributed by atoms with Gasteiger partial charge in [-0.15, -0.1) is 0 Å². The Morgan fingerprint density at radius 1 is 1.32 bits per heavy atom. The molecule has 2 aliphatic rings. The van der Waals surface area contributed by atoms with Crippen molar-refractivity contribution >= 4 is 5.97 Å². The summed E-state index contributed by atoms with van der Waals surface area (Å²) in [5.41, 5.74) is 2.41. The highest BCUT2D eigenvalue weighted by molar-refractivity contribution is 5.80. The van der Waals surface area contributed by atoms with Gasteiger partial charge in [-0.25, -0.2) is 4.79 Å². The topological polar surface area (TPSA) is 77.8 Å². The number of hydrogen-bond acceptors (Lipinski definition) is 3.